The van der Waals surface area contributed by atoms with Crippen LogP contribution in [0.5, 0.6) is 0 Å². The van der Waals surface area contributed by atoms with Gasteiger partial charge in [0.1, 0.15) is 11.3 Å². The van der Waals surface area contributed by atoms with E-state index in [0.717, 1.165) is 23.4 Å². The predicted molar refractivity (Wildman–Crippen MR) is 94.7 cm³/mol. The van der Waals surface area contributed by atoms with Gasteiger partial charge in [0.15, 0.2) is 0 Å². The third kappa shape index (κ3) is 2.61. The van der Waals surface area contributed by atoms with Crippen LogP contribution in [0.15, 0.2) is 24.4 Å². The molecule has 0 unspecified atom stereocenters. The summed E-state index contributed by atoms with van der Waals surface area (Å²) in [5.74, 6) is 1.81. The van der Waals surface area contributed by atoms with Crippen LogP contribution in [0.4, 0.5) is 0 Å². The highest BCUT2D eigenvalue weighted by Gasteiger charge is 2.20. The zero-order valence-corrected chi connectivity index (χ0v) is 14.2. The minimum Gasteiger partial charge on any atom is -0.327 e. The van der Waals surface area contributed by atoms with Crippen LogP contribution >= 0.6 is 0 Å². The largest absolute Gasteiger partial charge is 0.327 e. The van der Waals surface area contributed by atoms with E-state index in [1.54, 1.807) is 0 Å². The van der Waals surface area contributed by atoms with E-state index in [9.17, 15) is 0 Å². The third-order valence-electron chi connectivity index (χ3n) is 5.08. The Bertz CT molecular complexity index is 865. The monoisotopic (exact) mass is 308 g/mol. The van der Waals surface area contributed by atoms with E-state index in [4.69, 9.17) is 4.98 Å². The van der Waals surface area contributed by atoms with Gasteiger partial charge in [-0.25, -0.2) is 4.98 Å². The van der Waals surface area contributed by atoms with E-state index in [1.165, 1.54) is 42.4 Å². The summed E-state index contributed by atoms with van der Waals surface area (Å²) >= 11 is 0. The summed E-state index contributed by atoms with van der Waals surface area (Å²) in [5.41, 5.74) is 4.61. The summed E-state index contributed by atoms with van der Waals surface area (Å²) in [6.45, 7) is 7.73. The summed E-state index contributed by atoms with van der Waals surface area (Å²) < 4.78 is 2.42. The molecule has 1 aliphatic heterocycles. The van der Waals surface area contributed by atoms with Crippen LogP contribution in [-0.2, 0) is 6.54 Å². The molecule has 23 heavy (non-hydrogen) atoms. The van der Waals surface area contributed by atoms with Crippen LogP contribution < -0.4 is 0 Å². The first-order valence-electron chi connectivity index (χ1n) is 8.52. The van der Waals surface area contributed by atoms with Crippen LogP contribution in [0.2, 0.25) is 0 Å². The molecule has 1 saturated heterocycles. The number of pyridine rings is 1. The number of rotatable bonds is 2. The summed E-state index contributed by atoms with van der Waals surface area (Å²) in [6, 6.07) is 6.49. The molecule has 0 bridgehead atoms. The molecule has 0 amide bonds. The van der Waals surface area contributed by atoms with Crippen LogP contribution in [0, 0.1) is 19.8 Å². The molecule has 2 aromatic heterocycles. The average molecular weight is 308 g/mol. The van der Waals surface area contributed by atoms with E-state index in [2.05, 4.69) is 53.5 Å². The van der Waals surface area contributed by atoms with Crippen molar-refractivity contribution in [2.75, 3.05) is 20.1 Å². The predicted octanol–water partition coefficient (Wildman–Crippen LogP) is 3.54. The second-order valence-corrected chi connectivity index (χ2v) is 7.05. The van der Waals surface area contributed by atoms with E-state index < -0.39 is 0 Å². The normalized spacial score (nSPS) is 19.7. The zero-order chi connectivity index (χ0) is 16.0. The van der Waals surface area contributed by atoms with Crippen LogP contribution in [0.25, 0.3) is 21.9 Å². The van der Waals surface area contributed by atoms with Gasteiger partial charge in [0.2, 0.25) is 0 Å². The van der Waals surface area contributed by atoms with Crippen LogP contribution in [0.1, 0.15) is 24.2 Å². The van der Waals surface area contributed by atoms with E-state index in [1.807, 2.05) is 6.20 Å². The smallest absolute Gasteiger partial charge is 0.108 e. The quantitative estimate of drug-likeness (QED) is 0.726. The average Bonchev–Trinajstić information content (AvgIpc) is 2.83. The molecule has 4 heteroatoms. The van der Waals surface area contributed by atoms with Gasteiger partial charge in [0.25, 0.3) is 0 Å². The molecular formula is C19H24N4. The van der Waals surface area contributed by atoms with Gasteiger partial charge >= 0.3 is 0 Å². The Morgan fingerprint density at radius 2 is 2.09 bits per heavy atom. The molecule has 120 valence electrons. The number of imidazole rings is 1. The van der Waals surface area contributed by atoms with Crippen molar-refractivity contribution in [1.82, 2.24) is 19.4 Å². The van der Waals surface area contributed by atoms with Gasteiger partial charge in [-0.05, 0) is 58.3 Å². The molecule has 3 aromatic rings. The standard InChI is InChI=1S/C19H24N4/c1-13-6-7-17-16(9-13)19-18(10-20-17)21-14(2)23(19)12-15-5-4-8-22(3)11-15/h6-7,9-10,15H,4-5,8,11-12H2,1-3H3/t15-/m0/s1. The second kappa shape index (κ2) is 5.60. The third-order valence-corrected chi connectivity index (χ3v) is 5.08. The second-order valence-electron chi connectivity index (χ2n) is 7.05. The van der Waals surface area contributed by atoms with Crippen LogP contribution in [0.3, 0.4) is 0 Å². The van der Waals surface area contributed by atoms with Crippen molar-refractivity contribution in [1.29, 1.82) is 0 Å². The van der Waals surface area contributed by atoms with Crippen molar-refractivity contribution in [3.05, 3.63) is 35.8 Å². The number of benzene rings is 1. The molecular weight excluding hydrogens is 284 g/mol. The van der Waals surface area contributed by atoms with Gasteiger partial charge in [-0.15, -0.1) is 0 Å². The Hall–Kier alpha value is -1.94. The molecule has 1 fully saturated rings. The molecule has 0 N–H and O–H groups in total. The molecule has 1 aromatic carbocycles. The topological polar surface area (TPSA) is 34.0 Å². The molecule has 4 rings (SSSR count). The SMILES string of the molecule is Cc1ccc2ncc3nc(C)n(C[C@H]4CCCN(C)C4)c3c2c1. The van der Waals surface area contributed by atoms with Gasteiger partial charge < -0.3 is 9.47 Å². The molecule has 0 spiro atoms. The van der Waals surface area contributed by atoms with E-state index in [0.29, 0.717) is 5.92 Å². The molecule has 1 aliphatic rings. The molecule has 3 heterocycles. The molecule has 1 atom stereocenters. The lowest BCUT2D eigenvalue weighted by Crippen LogP contribution is -2.34. The van der Waals surface area contributed by atoms with Crippen LogP contribution in [-0.4, -0.2) is 39.6 Å². The minimum absolute atomic E-state index is 0.706. The van der Waals surface area contributed by atoms with Crippen molar-refractivity contribution in [3.8, 4) is 0 Å². The lowest BCUT2D eigenvalue weighted by atomic mass is 9.98. The molecule has 4 nitrogen and oxygen atoms in total. The summed E-state index contributed by atoms with van der Waals surface area (Å²) in [7, 11) is 2.23. The van der Waals surface area contributed by atoms with Crippen molar-refractivity contribution < 1.29 is 0 Å². The Morgan fingerprint density at radius 3 is 2.91 bits per heavy atom. The maximum absolute atomic E-state index is 4.76. The van der Waals surface area contributed by atoms with E-state index in [-0.39, 0.29) is 0 Å². The maximum Gasteiger partial charge on any atom is 0.108 e. The first-order chi connectivity index (χ1) is 11.1. The number of fused-ring (bicyclic) bond motifs is 3. The summed E-state index contributed by atoms with van der Waals surface area (Å²) in [4.78, 5) is 11.8. The highest BCUT2D eigenvalue weighted by Crippen LogP contribution is 2.27. The Labute approximate surface area is 137 Å². The first-order valence-corrected chi connectivity index (χ1v) is 8.52. The van der Waals surface area contributed by atoms with Gasteiger partial charge in [-0.1, -0.05) is 11.6 Å². The number of hydrogen-bond donors (Lipinski definition) is 0. The molecule has 0 radical (unpaired) electrons. The number of piperidine rings is 1. The van der Waals surface area contributed by atoms with Crippen molar-refractivity contribution in [2.24, 2.45) is 5.92 Å². The Balaban J connectivity index is 1.84. The van der Waals surface area contributed by atoms with Crippen molar-refractivity contribution in [3.63, 3.8) is 0 Å². The fraction of sp³-hybridized carbons (Fsp3) is 0.474. The van der Waals surface area contributed by atoms with Crippen molar-refractivity contribution in [2.45, 2.75) is 33.2 Å². The molecule has 0 aliphatic carbocycles. The fourth-order valence-corrected chi connectivity index (χ4v) is 3.95. The minimum atomic E-state index is 0.706. The fourth-order valence-electron chi connectivity index (χ4n) is 3.95. The highest BCUT2D eigenvalue weighted by atomic mass is 15.1. The summed E-state index contributed by atoms with van der Waals surface area (Å²) in [5, 5.41) is 1.23. The lowest BCUT2D eigenvalue weighted by molar-refractivity contribution is 0.195. The number of nitrogens with zero attached hydrogens (tertiary/aromatic N) is 4. The van der Waals surface area contributed by atoms with Gasteiger partial charge in [0, 0.05) is 18.5 Å². The van der Waals surface area contributed by atoms with E-state index >= 15 is 0 Å². The van der Waals surface area contributed by atoms with Gasteiger partial charge in [-0.2, -0.15) is 0 Å². The number of likely N-dealkylation sites (tertiary alicyclic amines) is 1. The molecule has 0 saturated carbocycles. The highest BCUT2D eigenvalue weighted by molar-refractivity contribution is 6.02. The number of aromatic nitrogens is 3. The summed E-state index contributed by atoms with van der Waals surface area (Å²) in [6.07, 6.45) is 4.53. The number of aryl methyl sites for hydroxylation is 2. The Morgan fingerprint density at radius 1 is 1.22 bits per heavy atom. The lowest BCUT2D eigenvalue weighted by Gasteiger charge is -2.30. The number of hydrogen-bond acceptors (Lipinski definition) is 3. The van der Waals surface area contributed by atoms with Gasteiger partial charge in [-0.3, -0.25) is 4.98 Å². The van der Waals surface area contributed by atoms with Gasteiger partial charge in [0.05, 0.1) is 17.2 Å². The maximum atomic E-state index is 4.76. The first kappa shape index (κ1) is 14.6. The Kier molecular flexibility index (Phi) is 3.57. The zero-order valence-electron chi connectivity index (χ0n) is 14.2. The van der Waals surface area contributed by atoms with Crippen molar-refractivity contribution >= 4 is 21.9 Å².